The van der Waals surface area contributed by atoms with E-state index < -0.39 is 0 Å². The van der Waals surface area contributed by atoms with Crippen LogP contribution in [0.5, 0.6) is 5.75 Å². The van der Waals surface area contributed by atoms with Gasteiger partial charge in [0.1, 0.15) is 5.75 Å². The highest BCUT2D eigenvalue weighted by Gasteiger charge is 2.22. The smallest absolute Gasteiger partial charge is 0.222 e. The molecule has 1 fully saturated rings. The molecule has 0 unspecified atom stereocenters. The van der Waals surface area contributed by atoms with Crippen LogP contribution in [0.1, 0.15) is 65.4 Å². The van der Waals surface area contributed by atoms with E-state index in [-0.39, 0.29) is 23.3 Å². The number of rotatable bonds is 7. The van der Waals surface area contributed by atoms with E-state index in [0.29, 0.717) is 25.9 Å². The average Bonchev–Trinajstić information content (AvgIpc) is 2.65. The van der Waals surface area contributed by atoms with E-state index in [4.69, 9.17) is 4.74 Å². The largest absolute Gasteiger partial charge is 0.494 e. The van der Waals surface area contributed by atoms with Crippen molar-refractivity contribution < 1.29 is 14.3 Å². The average molecular weight is 375 g/mol. The number of nitrogens with one attached hydrogen (secondary N) is 1. The maximum atomic E-state index is 12.1. The summed E-state index contributed by atoms with van der Waals surface area (Å²) in [6.45, 7) is 10.5. The molecule has 2 amide bonds. The van der Waals surface area contributed by atoms with E-state index >= 15 is 0 Å². The molecule has 1 aliphatic heterocycles. The summed E-state index contributed by atoms with van der Waals surface area (Å²) in [6.07, 6.45) is 3.40. The SMILES string of the molecule is CCC(=O)N1CCC(NC(=O)CCCOc2ccc(C(C)(C)C)cc2)CC1. The van der Waals surface area contributed by atoms with Crippen LogP contribution in [-0.2, 0) is 15.0 Å². The van der Waals surface area contributed by atoms with Gasteiger partial charge in [0.2, 0.25) is 11.8 Å². The number of carbonyl (C=O) groups is 2. The van der Waals surface area contributed by atoms with Crippen molar-refractivity contribution in [3.63, 3.8) is 0 Å². The number of benzene rings is 1. The molecule has 0 spiro atoms. The van der Waals surface area contributed by atoms with Gasteiger partial charge in [-0.3, -0.25) is 9.59 Å². The highest BCUT2D eigenvalue weighted by Crippen LogP contribution is 2.24. The first-order valence-electron chi connectivity index (χ1n) is 10.1. The number of ether oxygens (including phenoxy) is 1. The third kappa shape index (κ3) is 6.89. The third-order valence-corrected chi connectivity index (χ3v) is 5.05. The summed E-state index contributed by atoms with van der Waals surface area (Å²) >= 11 is 0. The first kappa shape index (κ1) is 21.3. The molecule has 5 nitrogen and oxygen atoms in total. The summed E-state index contributed by atoms with van der Waals surface area (Å²) in [6, 6.07) is 8.36. The van der Waals surface area contributed by atoms with Crippen LogP contribution in [0.3, 0.4) is 0 Å². The van der Waals surface area contributed by atoms with Gasteiger partial charge in [0.25, 0.3) is 0 Å². The van der Waals surface area contributed by atoms with E-state index in [1.165, 1.54) is 5.56 Å². The van der Waals surface area contributed by atoms with Crippen LogP contribution >= 0.6 is 0 Å². The fourth-order valence-electron chi connectivity index (χ4n) is 3.27. The first-order valence-corrected chi connectivity index (χ1v) is 10.1. The van der Waals surface area contributed by atoms with Gasteiger partial charge >= 0.3 is 0 Å². The second-order valence-corrected chi connectivity index (χ2v) is 8.30. The number of carbonyl (C=O) groups excluding carboxylic acids is 2. The normalized spacial score (nSPS) is 15.5. The molecule has 1 aliphatic rings. The van der Waals surface area contributed by atoms with Gasteiger partial charge in [-0.05, 0) is 42.4 Å². The molecule has 0 atom stereocenters. The van der Waals surface area contributed by atoms with Crippen LogP contribution in [-0.4, -0.2) is 42.5 Å². The number of likely N-dealkylation sites (tertiary alicyclic amines) is 1. The van der Waals surface area contributed by atoms with Gasteiger partial charge in [0.05, 0.1) is 6.61 Å². The molecular formula is C22H34N2O3. The molecule has 1 N–H and O–H groups in total. The van der Waals surface area contributed by atoms with Crippen molar-refractivity contribution in [1.29, 1.82) is 0 Å². The molecule has 1 saturated heterocycles. The van der Waals surface area contributed by atoms with E-state index in [1.54, 1.807) is 0 Å². The molecule has 0 saturated carbocycles. The Balaban J connectivity index is 1.62. The van der Waals surface area contributed by atoms with Crippen LogP contribution in [0.15, 0.2) is 24.3 Å². The van der Waals surface area contributed by atoms with Crippen molar-refractivity contribution in [3.05, 3.63) is 29.8 Å². The van der Waals surface area contributed by atoms with Crippen molar-refractivity contribution in [1.82, 2.24) is 10.2 Å². The van der Waals surface area contributed by atoms with E-state index in [2.05, 4.69) is 38.2 Å². The van der Waals surface area contributed by atoms with Gasteiger partial charge in [-0.1, -0.05) is 39.8 Å². The first-order chi connectivity index (χ1) is 12.8. The zero-order valence-electron chi connectivity index (χ0n) is 17.2. The third-order valence-electron chi connectivity index (χ3n) is 5.05. The van der Waals surface area contributed by atoms with E-state index in [0.717, 1.165) is 31.7 Å². The highest BCUT2D eigenvalue weighted by atomic mass is 16.5. The number of hydrogen-bond donors (Lipinski definition) is 1. The van der Waals surface area contributed by atoms with Gasteiger partial charge in [-0.2, -0.15) is 0 Å². The van der Waals surface area contributed by atoms with Crippen LogP contribution in [0, 0.1) is 0 Å². The summed E-state index contributed by atoms with van der Waals surface area (Å²) in [4.78, 5) is 25.7. The Morgan fingerprint density at radius 2 is 1.78 bits per heavy atom. The van der Waals surface area contributed by atoms with Crippen molar-refractivity contribution in [2.24, 2.45) is 0 Å². The number of hydrogen-bond acceptors (Lipinski definition) is 3. The fourth-order valence-corrected chi connectivity index (χ4v) is 3.27. The molecule has 0 bridgehead atoms. The minimum Gasteiger partial charge on any atom is -0.494 e. The van der Waals surface area contributed by atoms with Gasteiger partial charge in [-0.15, -0.1) is 0 Å². The molecule has 2 rings (SSSR count). The van der Waals surface area contributed by atoms with E-state index in [9.17, 15) is 9.59 Å². The molecule has 1 aromatic rings. The molecule has 27 heavy (non-hydrogen) atoms. The van der Waals surface area contributed by atoms with Gasteiger partial charge in [0.15, 0.2) is 0 Å². The Morgan fingerprint density at radius 1 is 1.15 bits per heavy atom. The Bertz CT molecular complexity index is 611. The second kappa shape index (κ2) is 9.77. The number of amides is 2. The lowest BCUT2D eigenvalue weighted by Gasteiger charge is -2.32. The standard InChI is InChI=1S/C22H34N2O3/c1-5-21(26)24-14-12-18(13-15-24)23-20(25)7-6-16-27-19-10-8-17(9-11-19)22(2,3)4/h8-11,18H,5-7,12-16H2,1-4H3,(H,23,25). The lowest BCUT2D eigenvalue weighted by atomic mass is 9.87. The Labute approximate surface area is 163 Å². The maximum absolute atomic E-state index is 12.1. The van der Waals surface area contributed by atoms with Crippen molar-refractivity contribution in [2.45, 2.75) is 71.3 Å². The summed E-state index contributed by atoms with van der Waals surface area (Å²) in [7, 11) is 0. The van der Waals surface area contributed by atoms with Gasteiger partial charge < -0.3 is 15.0 Å². The Hall–Kier alpha value is -2.04. The molecule has 0 radical (unpaired) electrons. The van der Waals surface area contributed by atoms with Crippen molar-refractivity contribution in [2.75, 3.05) is 19.7 Å². The topological polar surface area (TPSA) is 58.6 Å². The predicted molar refractivity (Wildman–Crippen MR) is 108 cm³/mol. The Kier molecular flexibility index (Phi) is 7.69. The minimum absolute atomic E-state index is 0.0712. The number of nitrogens with zero attached hydrogens (tertiary/aromatic N) is 1. The molecule has 0 aliphatic carbocycles. The van der Waals surface area contributed by atoms with Crippen LogP contribution in [0.4, 0.5) is 0 Å². The lowest BCUT2D eigenvalue weighted by Crippen LogP contribution is -2.46. The zero-order chi connectivity index (χ0) is 19.9. The highest BCUT2D eigenvalue weighted by molar-refractivity contribution is 5.77. The van der Waals surface area contributed by atoms with Crippen molar-refractivity contribution in [3.8, 4) is 5.75 Å². The van der Waals surface area contributed by atoms with Gasteiger partial charge in [-0.25, -0.2) is 0 Å². The van der Waals surface area contributed by atoms with E-state index in [1.807, 2.05) is 24.0 Å². The number of piperidine rings is 1. The zero-order valence-corrected chi connectivity index (χ0v) is 17.2. The molecule has 1 aromatic carbocycles. The van der Waals surface area contributed by atoms with Crippen molar-refractivity contribution >= 4 is 11.8 Å². The van der Waals surface area contributed by atoms with Crippen LogP contribution < -0.4 is 10.1 Å². The quantitative estimate of drug-likeness (QED) is 0.741. The molecule has 0 aromatic heterocycles. The van der Waals surface area contributed by atoms with Crippen LogP contribution in [0.2, 0.25) is 0 Å². The molecule has 5 heteroatoms. The minimum atomic E-state index is 0.0712. The summed E-state index contributed by atoms with van der Waals surface area (Å²) in [5, 5.41) is 3.09. The molecule has 1 heterocycles. The second-order valence-electron chi connectivity index (χ2n) is 8.30. The van der Waals surface area contributed by atoms with Gasteiger partial charge in [0, 0.05) is 32.0 Å². The molecule has 150 valence electrons. The van der Waals surface area contributed by atoms with Crippen LogP contribution in [0.25, 0.3) is 0 Å². The maximum Gasteiger partial charge on any atom is 0.222 e. The fraction of sp³-hybridized carbons (Fsp3) is 0.636. The molecular weight excluding hydrogens is 340 g/mol. The summed E-state index contributed by atoms with van der Waals surface area (Å²) in [5.41, 5.74) is 1.41. The predicted octanol–water partition coefficient (Wildman–Crippen LogP) is 3.66. The summed E-state index contributed by atoms with van der Waals surface area (Å²) < 4.78 is 5.74. The monoisotopic (exact) mass is 374 g/mol. The Morgan fingerprint density at radius 3 is 2.33 bits per heavy atom. The summed E-state index contributed by atoms with van der Waals surface area (Å²) in [5.74, 6) is 1.12. The lowest BCUT2D eigenvalue weighted by molar-refractivity contribution is -0.132.